The average molecular weight is 474 g/mol. The molecule has 2 heterocycles. The van der Waals surface area contributed by atoms with Gasteiger partial charge in [0.2, 0.25) is 0 Å². The van der Waals surface area contributed by atoms with Gasteiger partial charge in [-0.1, -0.05) is 12.8 Å². The number of nitrogens with one attached hydrogen (secondary N) is 1. The van der Waals surface area contributed by atoms with E-state index in [9.17, 15) is 26.4 Å². The number of benzene rings is 1. The molecule has 0 unspecified atom stereocenters. The van der Waals surface area contributed by atoms with Crippen molar-refractivity contribution in [2.45, 2.75) is 50.8 Å². The highest BCUT2D eigenvalue weighted by atomic mass is 32.2. The van der Waals surface area contributed by atoms with Crippen LogP contribution in [0.4, 0.5) is 18.9 Å². The summed E-state index contributed by atoms with van der Waals surface area (Å²) < 4.78 is 71.4. The van der Waals surface area contributed by atoms with E-state index >= 15 is 0 Å². The molecule has 0 aliphatic carbocycles. The first-order chi connectivity index (χ1) is 14.9. The Labute approximate surface area is 185 Å². The Morgan fingerprint density at radius 1 is 1.00 bits per heavy atom. The first kappa shape index (κ1) is 24.0. The summed E-state index contributed by atoms with van der Waals surface area (Å²) in [5, 5.41) is 0. The number of rotatable bonds is 5. The summed E-state index contributed by atoms with van der Waals surface area (Å²) in [7, 11) is -2.51. The zero-order valence-corrected chi connectivity index (χ0v) is 18.9. The van der Waals surface area contributed by atoms with Crippen LogP contribution < -0.4 is 9.46 Å². The number of likely N-dealkylation sites (tertiary alicyclic amines) is 1. The number of carbonyl (C=O) groups excluding carboxylic acids is 1. The maximum Gasteiger partial charge on any atom is 0.573 e. The third-order valence-corrected chi connectivity index (χ3v) is 7.18. The quantitative estimate of drug-likeness (QED) is 0.700. The SMILES string of the molecule is Cc1c(C(=O)N2CCCCCC2)c(S(=O)(=O)Nc2ccc(OC(F)(F)F)cc2)c(C)n1C. The van der Waals surface area contributed by atoms with Crippen LogP contribution in [0.3, 0.4) is 0 Å². The standard InChI is InChI=1S/C21H26F3N3O4S/c1-14-18(20(28)27-12-6-4-5-7-13-27)19(15(2)26(14)3)32(29,30)25-16-8-10-17(11-9-16)31-21(22,23)24/h8-11,25H,4-7,12-13H2,1-3H3. The summed E-state index contributed by atoms with van der Waals surface area (Å²) in [5.74, 6) is -0.799. The van der Waals surface area contributed by atoms with Crippen LogP contribution >= 0.6 is 0 Å². The van der Waals surface area contributed by atoms with Crippen LogP contribution in [0.15, 0.2) is 29.2 Å². The molecule has 1 aromatic carbocycles. The van der Waals surface area contributed by atoms with Gasteiger partial charge >= 0.3 is 6.36 Å². The Hall–Kier alpha value is -2.69. The molecule has 32 heavy (non-hydrogen) atoms. The molecule has 0 radical (unpaired) electrons. The summed E-state index contributed by atoms with van der Waals surface area (Å²) in [4.78, 5) is 14.9. The van der Waals surface area contributed by atoms with Crippen LogP contribution in [0.5, 0.6) is 5.75 Å². The van der Waals surface area contributed by atoms with Crippen LogP contribution in [0.2, 0.25) is 0 Å². The monoisotopic (exact) mass is 473 g/mol. The summed E-state index contributed by atoms with van der Waals surface area (Å²) in [6.07, 6.45) is -1.07. The first-order valence-electron chi connectivity index (χ1n) is 10.2. The number of anilines is 1. The minimum Gasteiger partial charge on any atom is -0.406 e. The Morgan fingerprint density at radius 3 is 2.09 bits per heavy atom. The third-order valence-electron chi connectivity index (χ3n) is 5.64. The van der Waals surface area contributed by atoms with Crippen molar-refractivity contribution in [2.75, 3.05) is 17.8 Å². The number of aromatic nitrogens is 1. The molecule has 1 aliphatic rings. The molecular weight excluding hydrogens is 447 g/mol. The van der Waals surface area contributed by atoms with Crippen molar-refractivity contribution < 1.29 is 31.1 Å². The predicted molar refractivity (Wildman–Crippen MR) is 113 cm³/mol. The second-order valence-corrected chi connectivity index (χ2v) is 9.44. The zero-order chi connectivity index (χ0) is 23.7. The van der Waals surface area contributed by atoms with Gasteiger partial charge in [0, 0.05) is 37.2 Å². The Kier molecular flexibility index (Phi) is 6.77. The molecule has 11 heteroatoms. The smallest absolute Gasteiger partial charge is 0.406 e. The lowest BCUT2D eigenvalue weighted by molar-refractivity contribution is -0.274. The number of halogens is 3. The van der Waals surface area contributed by atoms with E-state index in [-0.39, 0.29) is 22.1 Å². The van der Waals surface area contributed by atoms with Crippen molar-refractivity contribution in [3.8, 4) is 5.75 Å². The fourth-order valence-corrected chi connectivity index (χ4v) is 5.44. The summed E-state index contributed by atoms with van der Waals surface area (Å²) in [5.41, 5.74) is 1.10. The van der Waals surface area contributed by atoms with E-state index in [1.807, 2.05) is 0 Å². The number of carbonyl (C=O) groups is 1. The largest absolute Gasteiger partial charge is 0.573 e. The molecular formula is C21H26F3N3O4S. The predicted octanol–water partition coefficient (Wildman–Crippen LogP) is 4.36. The molecule has 1 aromatic heterocycles. The number of sulfonamides is 1. The molecule has 1 fully saturated rings. The van der Waals surface area contributed by atoms with Crippen LogP contribution in [0, 0.1) is 13.8 Å². The van der Waals surface area contributed by atoms with Crippen molar-refractivity contribution in [1.82, 2.24) is 9.47 Å². The van der Waals surface area contributed by atoms with Gasteiger partial charge in [0.15, 0.2) is 0 Å². The third kappa shape index (κ3) is 5.20. The highest BCUT2D eigenvalue weighted by molar-refractivity contribution is 7.92. The number of hydrogen-bond donors (Lipinski definition) is 1. The van der Waals surface area contributed by atoms with E-state index in [0.717, 1.165) is 37.8 Å². The lowest BCUT2D eigenvalue weighted by Gasteiger charge is -2.21. The molecule has 0 saturated carbocycles. The Morgan fingerprint density at radius 2 is 1.56 bits per heavy atom. The number of ether oxygens (including phenoxy) is 1. The highest BCUT2D eigenvalue weighted by Crippen LogP contribution is 2.31. The second-order valence-electron chi connectivity index (χ2n) is 7.82. The zero-order valence-electron chi connectivity index (χ0n) is 18.1. The van der Waals surface area contributed by atoms with Gasteiger partial charge in [-0.15, -0.1) is 13.2 Å². The number of alkyl halides is 3. The van der Waals surface area contributed by atoms with Crippen LogP contribution in [-0.2, 0) is 17.1 Å². The van der Waals surface area contributed by atoms with Crippen LogP contribution in [0.1, 0.15) is 47.4 Å². The molecule has 3 rings (SSSR count). The van der Waals surface area contributed by atoms with Gasteiger partial charge in [-0.3, -0.25) is 9.52 Å². The van der Waals surface area contributed by atoms with E-state index in [1.54, 1.807) is 30.4 Å². The van der Waals surface area contributed by atoms with Crippen molar-refractivity contribution in [3.63, 3.8) is 0 Å². The minimum absolute atomic E-state index is 0.0496. The summed E-state index contributed by atoms with van der Waals surface area (Å²) in [6.45, 7) is 4.45. The lowest BCUT2D eigenvalue weighted by atomic mass is 10.2. The molecule has 1 amide bonds. The first-order valence-corrected chi connectivity index (χ1v) is 11.7. The summed E-state index contributed by atoms with van der Waals surface area (Å²) in [6, 6.07) is 4.36. The van der Waals surface area contributed by atoms with Gasteiger partial charge in [-0.2, -0.15) is 0 Å². The minimum atomic E-state index is -4.84. The molecule has 176 valence electrons. The van der Waals surface area contributed by atoms with Gasteiger partial charge in [0.1, 0.15) is 10.6 Å². The molecule has 1 aliphatic heterocycles. The number of amides is 1. The van der Waals surface area contributed by atoms with Crippen molar-refractivity contribution in [2.24, 2.45) is 7.05 Å². The van der Waals surface area contributed by atoms with Gasteiger partial charge in [-0.05, 0) is 51.0 Å². The Bertz CT molecular complexity index is 1080. The van der Waals surface area contributed by atoms with Gasteiger partial charge in [-0.25, -0.2) is 8.42 Å². The maximum atomic E-state index is 13.3. The fourth-order valence-electron chi connectivity index (χ4n) is 3.86. The molecule has 0 bridgehead atoms. The molecule has 2 aromatic rings. The van der Waals surface area contributed by atoms with E-state index in [2.05, 4.69) is 9.46 Å². The van der Waals surface area contributed by atoms with Crippen molar-refractivity contribution in [1.29, 1.82) is 0 Å². The molecule has 7 nitrogen and oxygen atoms in total. The number of hydrogen-bond acceptors (Lipinski definition) is 4. The van der Waals surface area contributed by atoms with Gasteiger partial charge in [0.25, 0.3) is 15.9 Å². The van der Waals surface area contributed by atoms with Crippen LogP contribution in [0.25, 0.3) is 0 Å². The lowest BCUT2D eigenvalue weighted by Crippen LogP contribution is -2.33. The number of nitrogens with zero attached hydrogens (tertiary/aromatic N) is 2. The van der Waals surface area contributed by atoms with E-state index in [1.165, 1.54) is 12.1 Å². The second kappa shape index (κ2) is 9.05. The normalized spacial score (nSPS) is 15.4. The van der Waals surface area contributed by atoms with Crippen LogP contribution in [-0.4, -0.2) is 43.2 Å². The molecule has 0 atom stereocenters. The molecule has 0 spiro atoms. The average Bonchev–Trinajstić information content (AvgIpc) is 2.89. The van der Waals surface area contributed by atoms with Gasteiger partial charge < -0.3 is 14.2 Å². The topological polar surface area (TPSA) is 80.6 Å². The van der Waals surface area contributed by atoms with Gasteiger partial charge in [0.05, 0.1) is 5.56 Å². The fraction of sp³-hybridized carbons (Fsp3) is 0.476. The maximum absolute atomic E-state index is 13.3. The summed E-state index contributed by atoms with van der Waals surface area (Å²) >= 11 is 0. The van der Waals surface area contributed by atoms with E-state index < -0.39 is 22.1 Å². The Balaban J connectivity index is 1.94. The van der Waals surface area contributed by atoms with E-state index in [4.69, 9.17) is 0 Å². The van der Waals surface area contributed by atoms with E-state index in [0.29, 0.717) is 24.5 Å². The molecule has 1 N–H and O–H groups in total. The highest BCUT2D eigenvalue weighted by Gasteiger charge is 2.34. The van der Waals surface area contributed by atoms with Crippen molar-refractivity contribution in [3.05, 3.63) is 41.2 Å². The molecule has 1 saturated heterocycles. The van der Waals surface area contributed by atoms with Crippen molar-refractivity contribution >= 4 is 21.6 Å².